The molecule has 146 valence electrons. The minimum Gasteiger partial charge on any atom is -0.402 e. The first-order valence-corrected chi connectivity index (χ1v) is 9.94. The monoisotopic (exact) mass is 400 g/mol. The third kappa shape index (κ3) is 3.11. The lowest BCUT2D eigenvalue weighted by Gasteiger charge is -2.33. The van der Waals surface area contributed by atoms with Gasteiger partial charge in [-0.05, 0) is 56.2 Å². The predicted molar refractivity (Wildman–Crippen MR) is 105 cm³/mol. The van der Waals surface area contributed by atoms with E-state index < -0.39 is 6.04 Å². The summed E-state index contributed by atoms with van der Waals surface area (Å²) in [6, 6.07) is 5.18. The Kier molecular flexibility index (Phi) is 4.04. The standard InChI is InChI=1S/C19H21ClN6O2/c1-11(17(27)26-8-6-19(4-5-19)7-9-26)21-18-25-24-16(28-18)15-13-10-12(20)2-3-14(13)22-23-15/h2-3,10-11H,4-9H2,1H3,(H,21,25)(H,22,23)/t11-/m0/s1. The van der Waals surface area contributed by atoms with E-state index in [-0.39, 0.29) is 17.8 Å². The fraction of sp³-hybridized carbons (Fsp3) is 0.474. The molecule has 2 N–H and O–H groups in total. The molecule has 0 bridgehead atoms. The van der Waals surface area contributed by atoms with Gasteiger partial charge in [0.2, 0.25) is 5.91 Å². The van der Waals surface area contributed by atoms with Crippen molar-refractivity contribution >= 4 is 34.4 Å². The number of anilines is 1. The number of H-pyrrole nitrogens is 1. The average molecular weight is 401 g/mol. The van der Waals surface area contributed by atoms with Crippen molar-refractivity contribution in [3.8, 4) is 11.6 Å². The highest BCUT2D eigenvalue weighted by atomic mass is 35.5. The van der Waals surface area contributed by atoms with Crippen molar-refractivity contribution in [3.05, 3.63) is 23.2 Å². The number of amides is 1. The van der Waals surface area contributed by atoms with Crippen LogP contribution < -0.4 is 5.32 Å². The first-order chi connectivity index (χ1) is 13.5. The van der Waals surface area contributed by atoms with Crippen molar-refractivity contribution in [2.45, 2.75) is 38.6 Å². The zero-order chi connectivity index (χ0) is 19.3. The Hall–Kier alpha value is -2.61. The maximum atomic E-state index is 12.7. The van der Waals surface area contributed by atoms with Crippen LogP contribution in [0, 0.1) is 5.41 Å². The minimum atomic E-state index is -0.438. The van der Waals surface area contributed by atoms with Gasteiger partial charge in [-0.1, -0.05) is 16.7 Å². The summed E-state index contributed by atoms with van der Waals surface area (Å²) in [6.45, 7) is 3.48. The predicted octanol–water partition coefficient (Wildman–Crippen LogP) is 3.47. The second kappa shape index (κ2) is 6.48. The quantitative estimate of drug-likeness (QED) is 0.695. The molecule has 0 unspecified atom stereocenters. The van der Waals surface area contributed by atoms with Gasteiger partial charge in [-0.2, -0.15) is 5.10 Å². The molecule has 28 heavy (non-hydrogen) atoms. The molecule has 1 saturated heterocycles. The zero-order valence-electron chi connectivity index (χ0n) is 15.5. The molecule has 1 atom stereocenters. The molecule has 1 spiro atoms. The van der Waals surface area contributed by atoms with E-state index >= 15 is 0 Å². The number of nitrogens with zero attached hydrogens (tertiary/aromatic N) is 4. The van der Waals surface area contributed by atoms with Crippen molar-refractivity contribution in [1.29, 1.82) is 0 Å². The summed E-state index contributed by atoms with van der Waals surface area (Å²) in [5, 5.41) is 19.7. The van der Waals surface area contributed by atoms with Gasteiger partial charge in [0.1, 0.15) is 6.04 Å². The van der Waals surface area contributed by atoms with E-state index in [0.29, 0.717) is 16.1 Å². The van der Waals surface area contributed by atoms with Crippen LogP contribution in [-0.4, -0.2) is 50.3 Å². The van der Waals surface area contributed by atoms with Crippen LogP contribution in [-0.2, 0) is 4.79 Å². The van der Waals surface area contributed by atoms with Gasteiger partial charge in [0, 0.05) is 23.5 Å². The Bertz CT molecular complexity index is 1030. The van der Waals surface area contributed by atoms with E-state index in [1.54, 1.807) is 12.1 Å². The van der Waals surface area contributed by atoms with Crippen molar-refractivity contribution < 1.29 is 9.21 Å². The number of hydrogen-bond acceptors (Lipinski definition) is 6. The Morgan fingerprint density at radius 2 is 2.07 bits per heavy atom. The van der Waals surface area contributed by atoms with Gasteiger partial charge in [-0.25, -0.2) is 0 Å². The number of carbonyl (C=O) groups excluding carboxylic acids is 1. The molecule has 1 aliphatic carbocycles. The molecule has 9 heteroatoms. The molecular weight excluding hydrogens is 380 g/mol. The summed E-state index contributed by atoms with van der Waals surface area (Å²) in [5.41, 5.74) is 1.90. The lowest BCUT2D eigenvalue weighted by atomic mass is 9.93. The first-order valence-electron chi connectivity index (χ1n) is 9.56. The maximum absolute atomic E-state index is 12.7. The number of halogens is 1. The molecule has 3 aromatic rings. The fourth-order valence-corrected chi connectivity index (χ4v) is 4.10. The topological polar surface area (TPSA) is 99.9 Å². The molecule has 2 aromatic heterocycles. The van der Waals surface area contributed by atoms with Crippen molar-refractivity contribution in [1.82, 2.24) is 25.3 Å². The summed E-state index contributed by atoms with van der Waals surface area (Å²) in [4.78, 5) is 14.7. The lowest BCUT2D eigenvalue weighted by Crippen LogP contribution is -2.45. The second-order valence-electron chi connectivity index (χ2n) is 7.87. The van der Waals surface area contributed by atoms with Gasteiger partial charge >= 0.3 is 6.01 Å². The normalized spacial score (nSPS) is 19.1. The summed E-state index contributed by atoms with van der Waals surface area (Å²) in [6.07, 6.45) is 4.87. The van der Waals surface area contributed by atoms with Crippen LogP contribution in [0.15, 0.2) is 22.6 Å². The largest absolute Gasteiger partial charge is 0.402 e. The SMILES string of the molecule is C[C@H](Nc1nnc(-c2n[nH]c3ccc(Cl)cc23)o1)C(=O)N1CCC2(CC1)CC2. The van der Waals surface area contributed by atoms with Crippen LogP contribution in [0.1, 0.15) is 32.6 Å². The van der Waals surface area contributed by atoms with Gasteiger partial charge in [-0.15, -0.1) is 5.10 Å². The second-order valence-corrected chi connectivity index (χ2v) is 8.30. The molecule has 0 radical (unpaired) electrons. The number of aromatic amines is 1. The first kappa shape index (κ1) is 17.5. The summed E-state index contributed by atoms with van der Waals surface area (Å²) in [7, 11) is 0. The smallest absolute Gasteiger partial charge is 0.316 e. The summed E-state index contributed by atoms with van der Waals surface area (Å²) in [5.74, 6) is 0.330. The molecule has 1 aromatic carbocycles. The van der Waals surface area contributed by atoms with E-state index in [9.17, 15) is 4.79 Å². The van der Waals surface area contributed by atoms with E-state index in [2.05, 4.69) is 25.7 Å². The number of benzene rings is 1. The number of fused-ring (bicyclic) bond motifs is 1. The van der Waals surface area contributed by atoms with Gasteiger partial charge < -0.3 is 14.6 Å². The molecular formula is C19H21ClN6O2. The highest BCUT2D eigenvalue weighted by Gasteiger charge is 2.45. The Balaban J connectivity index is 1.28. The van der Waals surface area contributed by atoms with Crippen LogP contribution >= 0.6 is 11.6 Å². The number of hydrogen-bond donors (Lipinski definition) is 2. The number of likely N-dealkylation sites (tertiary alicyclic amines) is 1. The van der Waals surface area contributed by atoms with E-state index in [1.807, 2.05) is 17.9 Å². The molecule has 2 aliphatic rings. The van der Waals surface area contributed by atoms with Crippen molar-refractivity contribution in [2.75, 3.05) is 18.4 Å². The van der Waals surface area contributed by atoms with E-state index in [0.717, 1.165) is 36.8 Å². The molecule has 1 aliphatic heterocycles. The molecule has 5 rings (SSSR count). The summed E-state index contributed by atoms with van der Waals surface area (Å²) < 4.78 is 5.70. The van der Waals surface area contributed by atoms with Crippen LogP contribution in [0.25, 0.3) is 22.5 Å². The van der Waals surface area contributed by atoms with Crippen molar-refractivity contribution in [3.63, 3.8) is 0 Å². The van der Waals surface area contributed by atoms with Crippen molar-refractivity contribution in [2.24, 2.45) is 5.41 Å². The molecule has 2 fully saturated rings. The van der Waals surface area contributed by atoms with E-state index in [1.165, 1.54) is 12.8 Å². The molecule has 3 heterocycles. The van der Waals surface area contributed by atoms with Gasteiger partial charge in [0.05, 0.1) is 5.52 Å². The third-order valence-corrected chi connectivity index (χ3v) is 6.19. The van der Waals surface area contributed by atoms with Crippen LogP contribution in [0.2, 0.25) is 5.02 Å². The Labute approximate surface area is 166 Å². The zero-order valence-corrected chi connectivity index (χ0v) is 16.3. The van der Waals surface area contributed by atoms with Gasteiger partial charge in [0.15, 0.2) is 5.69 Å². The van der Waals surface area contributed by atoms with Gasteiger partial charge in [0.25, 0.3) is 5.89 Å². The van der Waals surface area contributed by atoms with E-state index in [4.69, 9.17) is 16.0 Å². The Morgan fingerprint density at radius 1 is 1.29 bits per heavy atom. The molecule has 1 amide bonds. The fourth-order valence-electron chi connectivity index (χ4n) is 3.93. The number of nitrogens with one attached hydrogen (secondary N) is 2. The number of rotatable bonds is 4. The summed E-state index contributed by atoms with van der Waals surface area (Å²) >= 11 is 6.08. The van der Waals surface area contributed by atoms with Gasteiger partial charge in [-0.3, -0.25) is 9.89 Å². The number of piperidine rings is 1. The highest BCUT2D eigenvalue weighted by molar-refractivity contribution is 6.31. The average Bonchev–Trinajstić information content (AvgIpc) is 3.10. The highest BCUT2D eigenvalue weighted by Crippen LogP contribution is 2.53. The number of carbonyl (C=O) groups is 1. The number of aromatic nitrogens is 4. The molecule has 8 nitrogen and oxygen atoms in total. The van der Waals surface area contributed by atoms with Crippen LogP contribution in [0.3, 0.4) is 0 Å². The lowest BCUT2D eigenvalue weighted by molar-refractivity contribution is -0.133. The van der Waals surface area contributed by atoms with Crippen LogP contribution in [0.5, 0.6) is 0 Å². The minimum absolute atomic E-state index is 0.0623. The third-order valence-electron chi connectivity index (χ3n) is 5.96. The molecule has 1 saturated carbocycles. The van der Waals surface area contributed by atoms with Crippen LogP contribution in [0.4, 0.5) is 6.01 Å². The maximum Gasteiger partial charge on any atom is 0.316 e. The Morgan fingerprint density at radius 3 is 2.82 bits per heavy atom.